The van der Waals surface area contributed by atoms with Gasteiger partial charge in [0.1, 0.15) is 0 Å². The Morgan fingerprint density at radius 2 is 1.90 bits per heavy atom. The van der Waals surface area contributed by atoms with Crippen molar-refractivity contribution in [1.82, 2.24) is 4.98 Å². The molecule has 0 saturated heterocycles. The standard InChI is InChI=1S/C16H17N3O2/c20-15(13-9-5-1-2-6-10(9)13)19-18-14-11-7-3-4-8-12(11)17-16(14)21/h3-4,7-10,13,17,21H,1-2,5-6H2/t9-,10-/m1/s1. The third-order valence-electron chi connectivity index (χ3n) is 4.85. The van der Waals surface area contributed by atoms with Crippen LogP contribution in [0.15, 0.2) is 34.5 Å². The number of benzene rings is 1. The number of hydrogen-bond donors (Lipinski definition) is 2. The molecule has 2 aliphatic carbocycles. The minimum Gasteiger partial charge on any atom is -0.493 e. The number of aromatic hydroxyl groups is 1. The van der Waals surface area contributed by atoms with Crippen molar-refractivity contribution in [3.63, 3.8) is 0 Å². The average Bonchev–Trinajstić information content (AvgIpc) is 3.14. The molecule has 5 nitrogen and oxygen atoms in total. The summed E-state index contributed by atoms with van der Waals surface area (Å²) in [6, 6.07) is 7.44. The van der Waals surface area contributed by atoms with Crippen molar-refractivity contribution < 1.29 is 9.90 Å². The zero-order valence-corrected chi connectivity index (χ0v) is 11.6. The molecule has 2 saturated carbocycles. The number of para-hydroxylation sites is 1. The second-order valence-electron chi connectivity index (χ2n) is 6.04. The molecule has 0 unspecified atom stereocenters. The van der Waals surface area contributed by atoms with Crippen molar-refractivity contribution in [3.05, 3.63) is 24.3 Å². The van der Waals surface area contributed by atoms with Crippen LogP contribution in [0.25, 0.3) is 10.9 Å². The zero-order valence-electron chi connectivity index (χ0n) is 11.6. The Hall–Kier alpha value is -2.17. The maximum absolute atomic E-state index is 12.2. The molecule has 2 atom stereocenters. The van der Waals surface area contributed by atoms with Crippen molar-refractivity contribution in [2.45, 2.75) is 25.7 Å². The molecule has 2 fully saturated rings. The van der Waals surface area contributed by atoms with Gasteiger partial charge < -0.3 is 10.1 Å². The number of amides is 1. The number of fused-ring (bicyclic) bond motifs is 2. The van der Waals surface area contributed by atoms with Crippen molar-refractivity contribution in [3.8, 4) is 5.88 Å². The van der Waals surface area contributed by atoms with Crippen molar-refractivity contribution in [2.24, 2.45) is 28.0 Å². The van der Waals surface area contributed by atoms with Gasteiger partial charge in [-0.25, -0.2) is 0 Å². The minimum absolute atomic E-state index is 0.0408. The lowest BCUT2D eigenvalue weighted by atomic mass is 10.0. The summed E-state index contributed by atoms with van der Waals surface area (Å²) in [5.74, 6) is 0.963. The van der Waals surface area contributed by atoms with E-state index in [9.17, 15) is 9.90 Å². The van der Waals surface area contributed by atoms with Gasteiger partial charge in [0, 0.05) is 11.3 Å². The van der Waals surface area contributed by atoms with Gasteiger partial charge in [-0.1, -0.05) is 31.0 Å². The summed E-state index contributed by atoms with van der Waals surface area (Å²) >= 11 is 0. The van der Waals surface area contributed by atoms with E-state index in [-0.39, 0.29) is 17.7 Å². The summed E-state index contributed by atoms with van der Waals surface area (Å²) in [4.78, 5) is 15.0. The fraction of sp³-hybridized carbons (Fsp3) is 0.438. The van der Waals surface area contributed by atoms with E-state index in [0.29, 0.717) is 17.5 Å². The predicted octanol–water partition coefficient (Wildman–Crippen LogP) is 3.92. The van der Waals surface area contributed by atoms with Gasteiger partial charge in [0.05, 0.1) is 5.52 Å². The molecule has 1 amide bonds. The minimum atomic E-state index is -0.128. The van der Waals surface area contributed by atoms with Crippen LogP contribution in [0.3, 0.4) is 0 Å². The topological polar surface area (TPSA) is 77.8 Å². The third-order valence-corrected chi connectivity index (χ3v) is 4.85. The molecule has 1 aromatic heterocycles. The molecule has 1 aromatic carbocycles. The van der Waals surface area contributed by atoms with Crippen LogP contribution in [0.2, 0.25) is 0 Å². The van der Waals surface area contributed by atoms with E-state index < -0.39 is 0 Å². The highest BCUT2D eigenvalue weighted by molar-refractivity contribution is 5.94. The quantitative estimate of drug-likeness (QED) is 0.819. The number of azo groups is 1. The zero-order chi connectivity index (χ0) is 14.4. The maximum Gasteiger partial charge on any atom is 0.268 e. The molecule has 2 N–H and O–H groups in total. The van der Waals surface area contributed by atoms with Gasteiger partial charge in [-0.05, 0) is 30.7 Å². The van der Waals surface area contributed by atoms with Gasteiger partial charge in [-0.15, -0.1) is 10.2 Å². The van der Waals surface area contributed by atoms with Crippen LogP contribution >= 0.6 is 0 Å². The molecule has 5 heteroatoms. The molecule has 0 aliphatic heterocycles. The first-order valence-corrected chi connectivity index (χ1v) is 7.51. The molecule has 4 rings (SSSR count). The van der Waals surface area contributed by atoms with Gasteiger partial charge in [0.15, 0.2) is 5.69 Å². The normalized spacial score (nSPS) is 27.9. The Morgan fingerprint density at radius 3 is 2.67 bits per heavy atom. The molecular weight excluding hydrogens is 266 g/mol. The summed E-state index contributed by atoms with van der Waals surface area (Å²) in [7, 11) is 0. The smallest absolute Gasteiger partial charge is 0.268 e. The molecule has 0 radical (unpaired) electrons. The lowest BCUT2D eigenvalue weighted by molar-refractivity contribution is -0.120. The summed E-state index contributed by atoms with van der Waals surface area (Å²) < 4.78 is 0. The molecule has 0 spiro atoms. The highest BCUT2D eigenvalue weighted by atomic mass is 16.3. The molecule has 0 bridgehead atoms. The number of nitrogens with one attached hydrogen (secondary N) is 1. The van der Waals surface area contributed by atoms with Crippen LogP contribution in [0.5, 0.6) is 5.88 Å². The van der Waals surface area contributed by atoms with Crippen LogP contribution in [-0.2, 0) is 4.79 Å². The van der Waals surface area contributed by atoms with Gasteiger partial charge in [0.25, 0.3) is 5.91 Å². The lowest BCUT2D eigenvalue weighted by Gasteiger charge is -2.04. The van der Waals surface area contributed by atoms with Crippen LogP contribution in [-0.4, -0.2) is 16.0 Å². The molecule has 2 aliphatic rings. The van der Waals surface area contributed by atoms with Crippen molar-refractivity contribution in [2.75, 3.05) is 0 Å². The number of H-pyrrole nitrogens is 1. The number of rotatable bonds is 2. The van der Waals surface area contributed by atoms with Crippen LogP contribution in [0.1, 0.15) is 25.7 Å². The number of carbonyl (C=O) groups is 1. The summed E-state index contributed by atoms with van der Waals surface area (Å²) in [6.07, 6.45) is 4.75. The third kappa shape index (κ3) is 2.04. The van der Waals surface area contributed by atoms with E-state index in [1.54, 1.807) is 0 Å². The first-order valence-electron chi connectivity index (χ1n) is 7.51. The Labute approximate surface area is 122 Å². The van der Waals surface area contributed by atoms with E-state index in [1.807, 2.05) is 24.3 Å². The molecule has 108 valence electrons. The number of carbonyl (C=O) groups excluding carboxylic acids is 1. The second-order valence-corrected chi connectivity index (χ2v) is 6.04. The summed E-state index contributed by atoms with van der Waals surface area (Å²) in [5, 5.41) is 18.5. The van der Waals surface area contributed by atoms with Crippen LogP contribution in [0.4, 0.5) is 5.69 Å². The highest BCUT2D eigenvalue weighted by Gasteiger charge is 2.54. The fourth-order valence-corrected chi connectivity index (χ4v) is 3.74. The summed E-state index contributed by atoms with van der Waals surface area (Å²) in [5.41, 5.74) is 1.14. The molecular formula is C16H17N3O2. The number of aromatic amines is 1. The predicted molar refractivity (Wildman–Crippen MR) is 78.4 cm³/mol. The Bertz CT molecular complexity index is 722. The second kappa shape index (κ2) is 4.69. The van der Waals surface area contributed by atoms with Gasteiger partial charge in [-0.2, -0.15) is 0 Å². The van der Waals surface area contributed by atoms with Crippen LogP contribution < -0.4 is 0 Å². The van der Waals surface area contributed by atoms with E-state index in [4.69, 9.17) is 0 Å². The van der Waals surface area contributed by atoms with Crippen molar-refractivity contribution >= 4 is 22.5 Å². The molecule has 2 aromatic rings. The van der Waals surface area contributed by atoms with E-state index in [2.05, 4.69) is 15.2 Å². The first kappa shape index (κ1) is 12.6. The Morgan fingerprint density at radius 1 is 1.19 bits per heavy atom. The number of nitrogens with zero attached hydrogens (tertiary/aromatic N) is 2. The largest absolute Gasteiger partial charge is 0.493 e. The maximum atomic E-state index is 12.2. The van der Waals surface area contributed by atoms with Crippen molar-refractivity contribution in [1.29, 1.82) is 0 Å². The first-order chi connectivity index (χ1) is 10.3. The number of aromatic nitrogens is 1. The molecule has 21 heavy (non-hydrogen) atoms. The SMILES string of the molecule is O=C(N=Nc1c(O)[nH]c2ccccc12)C1[C@@H]2CCCC[C@@H]12. The van der Waals surface area contributed by atoms with E-state index in [1.165, 1.54) is 12.8 Å². The number of hydrogen-bond acceptors (Lipinski definition) is 3. The highest BCUT2D eigenvalue weighted by Crippen LogP contribution is 2.56. The monoisotopic (exact) mass is 283 g/mol. The van der Waals surface area contributed by atoms with Crippen LogP contribution in [0, 0.1) is 17.8 Å². The molecule has 1 heterocycles. The Balaban J connectivity index is 1.57. The van der Waals surface area contributed by atoms with E-state index >= 15 is 0 Å². The fourth-order valence-electron chi connectivity index (χ4n) is 3.74. The van der Waals surface area contributed by atoms with Gasteiger partial charge >= 0.3 is 0 Å². The Kier molecular flexibility index (Phi) is 2.80. The van der Waals surface area contributed by atoms with E-state index in [0.717, 1.165) is 23.7 Å². The lowest BCUT2D eigenvalue weighted by Crippen LogP contribution is -1.97. The van der Waals surface area contributed by atoms with Gasteiger partial charge in [-0.3, -0.25) is 4.79 Å². The van der Waals surface area contributed by atoms with Gasteiger partial charge in [0.2, 0.25) is 5.88 Å². The summed E-state index contributed by atoms with van der Waals surface area (Å²) in [6.45, 7) is 0. The average molecular weight is 283 g/mol.